The molecule has 0 saturated carbocycles. The molecule has 5 nitrogen and oxygen atoms in total. The third-order valence-electron chi connectivity index (χ3n) is 4.45. The molecule has 0 aromatic heterocycles. The van der Waals surface area contributed by atoms with Gasteiger partial charge in [0.15, 0.2) is 0 Å². The lowest BCUT2D eigenvalue weighted by atomic mass is 10.0. The minimum atomic E-state index is -0.500. The highest BCUT2D eigenvalue weighted by atomic mass is 19.1. The predicted molar refractivity (Wildman–Crippen MR) is 99.9 cm³/mol. The predicted octanol–water partition coefficient (Wildman–Crippen LogP) is 3.83. The second kappa shape index (κ2) is 7.56. The molecule has 136 valence electrons. The van der Waals surface area contributed by atoms with Crippen LogP contribution in [0.5, 0.6) is 0 Å². The van der Waals surface area contributed by atoms with E-state index in [2.05, 4.69) is 19.2 Å². The number of hydrogen-bond donors (Lipinski definition) is 1. The molecule has 26 heavy (non-hydrogen) atoms. The second-order valence-electron chi connectivity index (χ2n) is 6.63. The fourth-order valence-corrected chi connectivity index (χ4v) is 2.93. The van der Waals surface area contributed by atoms with Gasteiger partial charge in [0.1, 0.15) is 12.4 Å². The summed E-state index contributed by atoms with van der Waals surface area (Å²) >= 11 is 0. The van der Waals surface area contributed by atoms with E-state index >= 15 is 0 Å². The van der Waals surface area contributed by atoms with Crippen LogP contribution in [0.15, 0.2) is 48.5 Å². The first-order valence-electron chi connectivity index (χ1n) is 8.66. The SMILES string of the molecule is CC(C)c1ccc(N2CCN(CC(=O)Nc3ccccc3F)C2=O)cc1. The van der Waals surface area contributed by atoms with Crippen LogP contribution >= 0.6 is 0 Å². The maximum atomic E-state index is 13.6. The van der Waals surface area contributed by atoms with Gasteiger partial charge in [0.2, 0.25) is 5.91 Å². The van der Waals surface area contributed by atoms with E-state index in [1.54, 1.807) is 17.0 Å². The van der Waals surface area contributed by atoms with Gasteiger partial charge in [-0.25, -0.2) is 9.18 Å². The Kier molecular flexibility index (Phi) is 5.21. The van der Waals surface area contributed by atoms with Gasteiger partial charge in [-0.15, -0.1) is 0 Å². The van der Waals surface area contributed by atoms with Crippen LogP contribution in [0.3, 0.4) is 0 Å². The second-order valence-corrected chi connectivity index (χ2v) is 6.63. The van der Waals surface area contributed by atoms with Crippen molar-refractivity contribution >= 4 is 23.3 Å². The summed E-state index contributed by atoms with van der Waals surface area (Å²) in [6.07, 6.45) is 0. The van der Waals surface area contributed by atoms with Gasteiger partial charge in [0.05, 0.1) is 5.69 Å². The zero-order valence-electron chi connectivity index (χ0n) is 14.9. The van der Waals surface area contributed by atoms with Crippen LogP contribution in [0.4, 0.5) is 20.6 Å². The third-order valence-corrected chi connectivity index (χ3v) is 4.45. The van der Waals surface area contributed by atoms with Gasteiger partial charge in [-0.2, -0.15) is 0 Å². The summed E-state index contributed by atoms with van der Waals surface area (Å²) in [6, 6.07) is 13.6. The molecular formula is C20H22FN3O2. The lowest BCUT2D eigenvalue weighted by Gasteiger charge is -2.19. The fraction of sp³-hybridized carbons (Fsp3) is 0.300. The Morgan fingerprint density at radius 2 is 1.81 bits per heavy atom. The highest BCUT2D eigenvalue weighted by Crippen LogP contribution is 2.23. The lowest BCUT2D eigenvalue weighted by Crippen LogP contribution is -2.37. The summed E-state index contributed by atoms with van der Waals surface area (Å²) in [5, 5.41) is 2.51. The molecule has 1 fully saturated rings. The van der Waals surface area contributed by atoms with E-state index in [9.17, 15) is 14.0 Å². The molecule has 0 atom stereocenters. The Balaban J connectivity index is 1.62. The number of urea groups is 1. The van der Waals surface area contributed by atoms with Crippen molar-refractivity contribution in [2.24, 2.45) is 0 Å². The normalized spacial score (nSPS) is 14.2. The summed E-state index contributed by atoms with van der Waals surface area (Å²) in [7, 11) is 0. The molecule has 0 spiro atoms. The van der Waals surface area contributed by atoms with Crippen LogP contribution in [0.25, 0.3) is 0 Å². The molecule has 1 N–H and O–H groups in total. The average Bonchev–Trinajstić information content (AvgIpc) is 2.97. The van der Waals surface area contributed by atoms with E-state index in [1.165, 1.54) is 22.6 Å². The number of benzene rings is 2. The molecule has 0 radical (unpaired) electrons. The summed E-state index contributed by atoms with van der Waals surface area (Å²) in [4.78, 5) is 27.8. The van der Waals surface area contributed by atoms with Gasteiger partial charge in [-0.3, -0.25) is 9.69 Å². The standard InChI is InChI=1S/C20H22FN3O2/c1-14(2)15-7-9-16(10-8-15)24-12-11-23(20(24)26)13-19(25)22-18-6-4-3-5-17(18)21/h3-10,14H,11-13H2,1-2H3,(H,22,25). The Bertz CT molecular complexity index is 805. The van der Waals surface area contributed by atoms with Gasteiger partial charge in [-0.1, -0.05) is 38.1 Å². The number of nitrogens with zero attached hydrogens (tertiary/aromatic N) is 2. The molecule has 3 amide bonds. The largest absolute Gasteiger partial charge is 0.325 e. The summed E-state index contributed by atoms with van der Waals surface area (Å²) in [5.41, 5.74) is 2.14. The Morgan fingerprint density at radius 1 is 1.12 bits per heavy atom. The molecule has 2 aromatic rings. The third kappa shape index (κ3) is 3.85. The van der Waals surface area contributed by atoms with Crippen LogP contribution in [0, 0.1) is 5.82 Å². The number of para-hydroxylation sites is 1. The van der Waals surface area contributed by atoms with E-state index in [0.717, 1.165) is 5.69 Å². The topological polar surface area (TPSA) is 52.6 Å². The first kappa shape index (κ1) is 17.9. The highest BCUT2D eigenvalue weighted by Gasteiger charge is 2.30. The van der Waals surface area contributed by atoms with Gasteiger partial charge >= 0.3 is 6.03 Å². The number of amides is 3. The number of hydrogen-bond acceptors (Lipinski definition) is 2. The van der Waals surface area contributed by atoms with Crippen molar-refractivity contribution in [3.05, 3.63) is 59.9 Å². The number of rotatable bonds is 5. The lowest BCUT2D eigenvalue weighted by molar-refractivity contribution is -0.116. The number of carbonyl (C=O) groups excluding carboxylic acids is 2. The van der Waals surface area contributed by atoms with Crippen molar-refractivity contribution in [2.45, 2.75) is 19.8 Å². The Morgan fingerprint density at radius 3 is 2.46 bits per heavy atom. The maximum absolute atomic E-state index is 13.6. The number of carbonyl (C=O) groups is 2. The van der Waals surface area contributed by atoms with Gasteiger partial charge in [0, 0.05) is 18.8 Å². The monoisotopic (exact) mass is 355 g/mol. The van der Waals surface area contributed by atoms with Crippen molar-refractivity contribution < 1.29 is 14.0 Å². The van der Waals surface area contributed by atoms with Crippen molar-refractivity contribution in [3.8, 4) is 0 Å². The highest BCUT2D eigenvalue weighted by molar-refractivity contribution is 5.99. The molecule has 1 aliphatic heterocycles. The number of halogens is 1. The molecule has 1 heterocycles. The zero-order valence-corrected chi connectivity index (χ0v) is 14.9. The van der Waals surface area contributed by atoms with Crippen LogP contribution in [-0.4, -0.2) is 36.5 Å². The number of nitrogens with one attached hydrogen (secondary N) is 1. The Labute approximate surface area is 152 Å². The molecule has 6 heteroatoms. The van der Waals surface area contributed by atoms with Crippen LogP contribution in [-0.2, 0) is 4.79 Å². The fourth-order valence-electron chi connectivity index (χ4n) is 2.93. The van der Waals surface area contributed by atoms with Crippen LogP contribution < -0.4 is 10.2 Å². The maximum Gasteiger partial charge on any atom is 0.325 e. The van der Waals surface area contributed by atoms with Crippen molar-refractivity contribution in [3.63, 3.8) is 0 Å². The first-order valence-corrected chi connectivity index (χ1v) is 8.66. The van der Waals surface area contributed by atoms with Crippen LogP contribution in [0.2, 0.25) is 0 Å². The molecule has 0 unspecified atom stereocenters. The average molecular weight is 355 g/mol. The van der Waals surface area contributed by atoms with Gasteiger partial charge in [-0.05, 0) is 35.7 Å². The molecule has 2 aromatic carbocycles. The van der Waals surface area contributed by atoms with Crippen molar-refractivity contribution in [1.29, 1.82) is 0 Å². The van der Waals surface area contributed by atoms with Gasteiger partial charge < -0.3 is 10.2 Å². The summed E-state index contributed by atoms with van der Waals surface area (Å²) in [6.45, 7) is 5.11. The zero-order chi connectivity index (χ0) is 18.7. The van der Waals surface area contributed by atoms with Crippen LogP contribution in [0.1, 0.15) is 25.3 Å². The number of anilines is 2. The van der Waals surface area contributed by atoms with E-state index < -0.39 is 11.7 Å². The smallest absolute Gasteiger partial charge is 0.322 e. The van der Waals surface area contributed by atoms with Crippen molar-refractivity contribution in [1.82, 2.24) is 4.90 Å². The van der Waals surface area contributed by atoms with Crippen molar-refractivity contribution in [2.75, 3.05) is 29.9 Å². The quantitative estimate of drug-likeness (QED) is 0.886. The van der Waals surface area contributed by atoms with E-state index in [4.69, 9.17) is 0 Å². The molecular weight excluding hydrogens is 333 g/mol. The Hall–Kier alpha value is -2.89. The first-order chi connectivity index (χ1) is 12.5. The minimum absolute atomic E-state index is 0.103. The van der Waals surface area contributed by atoms with E-state index in [-0.39, 0.29) is 18.3 Å². The summed E-state index contributed by atoms with van der Waals surface area (Å²) in [5.74, 6) is -0.488. The van der Waals surface area contributed by atoms with E-state index in [0.29, 0.717) is 19.0 Å². The molecule has 1 saturated heterocycles. The molecule has 0 aliphatic carbocycles. The minimum Gasteiger partial charge on any atom is -0.322 e. The summed E-state index contributed by atoms with van der Waals surface area (Å²) < 4.78 is 13.6. The molecule has 3 rings (SSSR count). The molecule has 1 aliphatic rings. The van der Waals surface area contributed by atoms with E-state index in [1.807, 2.05) is 24.3 Å². The molecule has 0 bridgehead atoms. The van der Waals surface area contributed by atoms with Gasteiger partial charge in [0.25, 0.3) is 0 Å².